The van der Waals surface area contributed by atoms with Crippen LogP contribution in [0, 0.1) is 5.41 Å². The number of hydrogen-bond acceptors (Lipinski definition) is 1. The minimum absolute atomic E-state index is 0.396. The molecule has 1 unspecified atom stereocenters. The number of hydrogen-bond donors (Lipinski definition) is 0. The van der Waals surface area contributed by atoms with Crippen molar-refractivity contribution in [1.29, 1.82) is 0 Å². The maximum Gasteiger partial charge on any atom is 0.0583 e. The number of rotatable bonds is 1. The predicted molar refractivity (Wildman–Crippen MR) is 56.8 cm³/mol. The van der Waals surface area contributed by atoms with Crippen molar-refractivity contribution in [3.05, 3.63) is 12.2 Å². The first kappa shape index (κ1) is 10.8. The van der Waals surface area contributed by atoms with Crippen LogP contribution < -0.4 is 0 Å². The standard InChI is InChI=1S/C12H22O/c1-12(2,3)10-11-8-6-4-5-7-9-13-11/h4-5,11H,6-10H2,1-3H3/b5-4+. The second kappa shape index (κ2) is 4.80. The van der Waals surface area contributed by atoms with Crippen molar-refractivity contribution in [3.63, 3.8) is 0 Å². The Bertz CT molecular complexity index is 164. The molecule has 13 heavy (non-hydrogen) atoms. The van der Waals surface area contributed by atoms with Crippen LogP contribution in [-0.4, -0.2) is 12.7 Å². The van der Waals surface area contributed by atoms with E-state index in [0.29, 0.717) is 11.5 Å². The lowest BCUT2D eigenvalue weighted by Gasteiger charge is -2.26. The fraction of sp³-hybridized carbons (Fsp3) is 0.833. The molecule has 1 rings (SSSR count). The Morgan fingerprint density at radius 2 is 1.92 bits per heavy atom. The van der Waals surface area contributed by atoms with E-state index < -0.39 is 0 Å². The normalized spacial score (nSPS) is 27.8. The molecule has 0 spiro atoms. The van der Waals surface area contributed by atoms with Crippen molar-refractivity contribution in [3.8, 4) is 0 Å². The van der Waals surface area contributed by atoms with Crippen LogP contribution in [-0.2, 0) is 4.74 Å². The zero-order valence-electron chi connectivity index (χ0n) is 9.18. The Hall–Kier alpha value is -0.300. The van der Waals surface area contributed by atoms with Crippen LogP contribution in [0.15, 0.2) is 12.2 Å². The molecule has 76 valence electrons. The highest BCUT2D eigenvalue weighted by atomic mass is 16.5. The Morgan fingerprint density at radius 3 is 2.62 bits per heavy atom. The summed E-state index contributed by atoms with van der Waals surface area (Å²) >= 11 is 0. The second-order valence-corrected chi connectivity index (χ2v) is 5.10. The van der Waals surface area contributed by atoms with E-state index in [2.05, 4.69) is 32.9 Å². The third kappa shape index (κ3) is 5.09. The Balaban J connectivity index is 2.36. The van der Waals surface area contributed by atoms with Crippen LogP contribution in [0.2, 0.25) is 0 Å². The first-order chi connectivity index (χ1) is 6.08. The van der Waals surface area contributed by atoms with E-state index in [1.807, 2.05) is 0 Å². The first-order valence-electron chi connectivity index (χ1n) is 5.34. The van der Waals surface area contributed by atoms with Crippen LogP contribution in [0.3, 0.4) is 0 Å². The van der Waals surface area contributed by atoms with Gasteiger partial charge in [-0.2, -0.15) is 0 Å². The molecule has 1 aliphatic heterocycles. The fourth-order valence-electron chi connectivity index (χ4n) is 1.75. The van der Waals surface area contributed by atoms with Gasteiger partial charge in [0.2, 0.25) is 0 Å². The van der Waals surface area contributed by atoms with Gasteiger partial charge in [0.1, 0.15) is 0 Å². The summed E-state index contributed by atoms with van der Waals surface area (Å²) < 4.78 is 5.81. The topological polar surface area (TPSA) is 9.23 Å². The summed E-state index contributed by atoms with van der Waals surface area (Å²) in [6, 6.07) is 0. The molecule has 1 heteroatoms. The van der Waals surface area contributed by atoms with Crippen molar-refractivity contribution in [2.45, 2.75) is 52.6 Å². The lowest BCUT2D eigenvalue weighted by Crippen LogP contribution is -2.22. The Morgan fingerprint density at radius 1 is 1.23 bits per heavy atom. The van der Waals surface area contributed by atoms with Gasteiger partial charge in [-0.15, -0.1) is 0 Å². The Kier molecular flexibility index (Phi) is 3.98. The van der Waals surface area contributed by atoms with E-state index in [9.17, 15) is 0 Å². The molecule has 0 bridgehead atoms. The van der Waals surface area contributed by atoms with Gasteiger partial charge in [-0.1, -0.05) is 32.9 Å². The minimum Gasteiger partial charge on any atom is -0.378 e. The molecule has 0 aliphatic carbocycles. The molecular weight excluding hydrogens is 160 g/mol. The summed E-state index contributed by atoms with van der Waals surface area (Å²) in [5.41, 5.74) is 0.396. The van der Waals surface area contributed by atoms with Gasteiger partial charge in [0, 0.05) is 0 Å². The predicted octanol–water partition coefficient (Wildman–Crippen LogP) is 3.55. The van der Waals surface area contributed by atoms with Crippen molar-refractivity contribution in [2.24, 2.45) is 5.41 Å². The largest absolute Gasteiger partial charge is 0.378 e. The van der Waals surface area contributed by atoms with Gasteiger partial charge in [0.25, 0.3) is 0 Å². The van der Waals surface area contributed by atoms with Gasteiger partial charge < -0.3 is 4.74 Å². The summed E-state index contributed by atoms with van der Waals surface area (Å²) in [5.74, 6) is 0. The van der Waals surface area contributed by atoms with Gasteiger partial charge >= 0.3 is 0 Å². The molecule has 0 N–H and O–H groups in total. The van der Waals surface area contributed by atoms with Crippen LogP contribution >= 0.6 is 0 Å². The zero-order valence-corrected chi connectivity index (χ0v) is 9.18. The summed E-state index contributed by atoms with van der Waals surface area (Å²) in [6.07, 6.45) is 9.63. The van der Waals surface area contributed by atoms with E-state index in [-0.39, 0.29) is 0 Å². The summed E-state index contributed by atoms with van der Waals surface area (Å²) in [4.78, 5) is 0. The van der Waals surface area contributed by atoms with Crippen molar-refractivity contribution in [1.82, 2.24) is 0 Å². The SMILES string of the molecule is CC(C)(C)CC1CC/C=C/CCO1. The highest BCUT2D eigenvalue weighted by Gasteiger charge is 2.18. The molecule has 0 aromatic carbocycles. The third-order valence-electron chi connectivity index (χ3n) is 2.30. The molecule has 0 aromatic heterocycles. The molecule has 1 aliphatic rings. The molecule has 0 radical (unpaired) electrons. The van der Waals surface area contributed by atoms with E-state index in [1.54, 1.807) is 0 Å². The molecule has 1 atom stereocenters. The average Bonchev–Trinajstić information content (AvgIpc) is 1.92. The van der Waals surface area contributed by atoms with Crippen LogP contribution in [0.5, 0.6) is 0 Å². The van der Waals surface area contributed by atoms with E-state index in [4.69, 9.17) is 4.74 Å². The highest BCUT2D eigenvalue weighted by molar-refractivity contribution is 4.85. The third-order valence-corrected chi connectivity index (χ3v) is 2.30. The zero-order chi connectivity index (χ0) is 9.73. The van der Waals surface area contributed by atoms with Crippen LogP contribution in [0.25, 0.3) is 0 Å². The lowest BCUT2D eigenvalue weighted by molar-refractivity contribution is 0.0219. The molecule has 0 fully saturated rings. The summed E-state index contributed by atoms with van der Waals surface area (Å²) in [5, 5.41) is 0. The van der Waals surface area contributed by atoms with Gasteiger partial charge in [-0.25, -0.2) is 0 Å². The van der Waals surface area contributed by atoms with E-state index in [1.165, 1.54) is 19.3 Å². The molecule has 1 heterocycles. The smallest absolute Gasteiger partial charge is 0.0583 e. The maximum absolute atomic E-state index is 5.81. The second-order valence-electron chi connectivity index (χ2n) is 5.10. The molecule has 0 aromatic rings. The number of ether oxygens (including phenoxy) is 1. The van der Waals surface area contributed by atoms with Gasteiger partial charge in [0.05, 0.1) is 12.7 Å². The van der Waals surface area contributed by atoms with Crippen molar-refractivity contribution >= 4 is 0 Å². The van der Waals surface area contributed by atoms with Gasteiger partial charge in [0.15, 0.2) is 0 Å². The summed E-state index contributed by atoms with van der Waals surface area (Å²) in [6.45, 7) is 7.75. The van der Waals surface area contributed by atoms with E-state index in [0.717, 1.165) is 13.0 Å². The van der Waals surface area contributed by atoms with E-state index >= 15 is 0 Å². The Labute approximate surface area is 82.2 Å². The van der Waals surface area contributed by atoms with Crippen molar-refractivity contribution in [2.75, 3.05) is 6.61 Å². The fourth-order valence-corrected chi connectivity index (χ4v) is 1.75. The molecule has 0 saturated carbocycles. The van der Waals surface area contributed by atoms with Crippen LogP contribution in [0.1, 0.15) is 46.5 Å². The summed E-state index contributed by atoms with van der Waals surface area (Å²) in [7, 11) is 0. The number of allylic oxidation sites excluding steroid dienone is 1. The molecular formula is C12H22O. The quantitative estimate of drug-likeness (QED) is 0.563. The van der Waals surface area contributed by atoms with Gasteiger partial charge in [-0.3, -0.25) is 0 Å². The monoisotopic (exact) mass is 182 g/mol. The average molecular weight is 182 g/mol. The van der Waals surface area contributed by atoms with Gasteiger partial charge in [-0.05, 0) is 31.1 Å². The maximum atomic E-state index is 5.81. The molecule has 0 saturated heterocycles. The van der Waals surface area contributed by atoms with Crippen LogP contribution in [0.4, 0.5) is 0 Å². The highest BCUT2D eigenvalue weighted by Crippen LogP contribution is 2.25. The van der Waals surface area contributed by atoms with Crippen molar-refractivity contribution < 1.29 is 4.74 Å². The molecule has 0 amide bonds. The molecule has 1 nitrogen and oxygen atoms in total. The first-order valence-corrected chi connectivity index (χ1v) is 5.34. The lowest BCUT2D eigenvalue weighted by atomic mass is 9.87. The minimum atomic E-state index is 0.396.